The lowest BCUT2D eigenvalue weighted by molar-refractivity contribution is 0.0489. The number of hydrogen-bond acceptors (Lipinski definition) is 4. The SMILES string of the molecule is CCN1CC[C@H](N(C)C(=O)c2ccc(Oc3ccccc3)o2)[C@H](C)C1. The van der Waals surface area contributed by atoms with Crippen LogP contribution < -0.4 is 4.74 Å². The van der Waals surface area contributed by atoms with Gasteiger partial charge >= 0.3 is 0 Å². The van der Waals surface area contributed by atoms with E-state index in [0.717, 1.165) is 26.1 Å². The fraction of sp³-hybridized carbons (Fsp3) is 0.450. The van der Waals surface area contributed by atoms with E-state index < -0.39 is 0 Å². The van der Waals surface area contributed by atoms with Crippen LogP contribution in [0, 0.1) is 5.92 Å². The van der Waals surface area contributed by atoms with Crippen LogP contribution in [-0.2, 0) is 0 Å². The average Bonchev–Trinajstić information content (AvgIpc) is 3.09. The summed E-state index contributed by atoms with van der Waals surface area (Å²) in [5.74, 6) is 1.68. The number of para-hydroxylation sites is 1. The summed E-state index contributed by atoms with van der Waals surface area (Å²) in [4.78, 5) is 17.0. The molecule has 0 unspecified atom stereocenters. The molecule has 0 N–H and O–H groups in total. The Balaban J connectivity index is 1.65. The van der Waals surface area contributed by atoms with Crippen LogP contribution in [0.25, 0.3) is 0 Å². The van der Waals surface area contributed by atoms with Crippen molar-refractivity contribution in [2.45, 2.75) is 26.3 Å². The summed E-state index contributed by atoms with van der Waals surface area (Å²) in [6.45, 7) is 7.51. The molecule has 1 fully saturated rings. The predicted octanol–water partition coefficient (Wildman–Crippen LogP) is 3.87. The van der Waals surface area contributed by atoms with E-state index >= 15 is 0 Å². The Kier molecular flexibility index (Phi) is 5.43. The molecule has 0 saturated carbocycles. The van der Waals surface area contributed by atoms with Crippen LogP contribution in [0.3, 0.4) is 0 Å². The molecule has 2 atom stereocenters. The molecule has 0 bridgehead atoms. The molecular weight excluding hydrogens is 316 g/mol. The summed E-state index contributed by atoms with van der Waals surface area (Å²) < 4.78 is 11.3. The highest BCUT2D eigenvalue weighted by Crippen LogP contribution is 2.26. The van der Waals surface area contributed by atoms with Gasteiger partial charge in [-0.1, -0.05) is 32.0 Å². The van der Waals surface area contributed by atoms with Crippen LogP contribution in [-0.4, -0.2) is 48.4 Å². The highest BCUT2D eigenvalue weighted by Gasteiger charge is 2.32. The molecular formula is C20H26N2O3. The second-order valence-electron chi connectivity index (χ2n) is 6.68. The summed E-state index contributed by atoms with van der Waals surface area (Å²) in [5, 5.41) is 0. The highest BCUT2D eigenvalue weighted by molar-refractivity contribution is 5.91. The van der Waals surface area contributed by atoms with Crippen molar-refractivity contribution in [2.24, 2.45) is 5.92 Å². The number of piperidine rings is 1. The zero-order valence-corrected chi connectivity index (χ0v) is 15.1. The first-order valence-electron chi connectivity index (χ1n) is 8.90. The third-order valence-corrected chi connectivity index (χ3v) is 4.96. The smallest absolute Gasteiger partial charge is 0.290 e. The van der Waals surface area contributed by atoms with Gasteiger partial charge in [0.2, 0.25) is 0 Å². The van der Waals surface area contributed by atoms with Crippen molar-refractivity contribution in [2.75, 3.05) is 26.7 Å². The summed E-state index contributed by atoms with van der Waals surface area (Å²) >= 11 is 0. The molecule has 1 aliphatic heterocycles. The molecule has 1 aromatic heterocycles. The monoisotopic (exact) mass is 342 g/mol. The van der Waals surface area contributed by atoms with Crippen LogP contribution in [0.2, 0.25) is 0 Å². The number of furan rings is 1. The van der Waals surface area contributed by atoms with Gasteiger partial charge in [-0.05, 0) is 37.1 Å². The van der Waals surface area contributed by atoms with Crippen molar-refractivity contribution in [3.8, 4) is 11.7 Å². The van der Waals surface area contributed by atoms with Crippen molar-refractivity contribution in [1.82, 2.24) is 9.80 Å². The van der Waals surface area contributed by atoms with Gasteiger partial charge in [0.1, 0.15) is 5.75 Å². The standard InChI is InChI=1S/C20H26N2O3/c1-4-22-13-12-17(15(2)14-22)21(3)20(23)18-10-11-19(25-18)24-16-8-6-5-7-9-16/h5-11,15,17H,4,12-14H2,1-3H3/t15-,17+/m1/s1. The summed E-state index contributed by atoms with van der Waals surface area (Å²) in [5.41, 5.74) is 0. The maximum absolute atomic E-state index is 12.8. The van der Waals surface area contributed by atoms with E-state index in [9.17, 15) is 4.79 Å². The first-order chi connectivity index (χ1) is 12.1. The van der Waals surface area contributed by atoms with Gasteiger partial charge in [-0.25, -0.2) is 0 Å². The lowest BCUT2D eigenvalue weighted by atomic mass is 9.92. The Morgan fingerprint density at radius 1 is 1.28 bits per heavy atom. The zero-order valence-electron chi connectivity index (χ0n) is 15.1. The largest absolute Gasteiger partial charge is 0.426 e. The van der Waals surface area contributed by atoms with Crippen molar-refractivity contribution in [3.05, 3.63) is 48.2 Å². The Labute approximate surface area is 149 Å². The van der Waals surface area contributed by atoms with E-state index in [1.807, 2.05) is 42.3 Å². The maximum Gasteiger partial charge on any atom is 0.290 e. The number of likely N-dealkylation sites (tertiary alicyclic amines) is 1. The van der Waals surface area contributed by atoms with Gasteiger partial charge in [0, 0.05) is 32.2 Å². The number of nitrogens with zero attached hydrogens (tertiary/aromatic N) is 2. The third-order valence-electron chi connectivity index (χ3n) is 4.96. The van der Waals surface area contributed by atoms with Crippen molar-refractivity contribution >= 4 is 5.91 Å². The number of hydrogen-bond donors (Lipinski definition) is 0. The van der Waals surface area contributed by atoms with Gasteiger partial charge < -0.3 is 19.0 Å². The molecule has 1 amide bonds. The third kappa shape index (κ3) is 4.04. The number of amides is 1. The molecule has 2 aromatic rings. The zero-order chi connectivity index (χ0) is 17.8. The first-order valence-corrected chi connectivity index (χ1v) is 8.90. The fourth-order valence-corrected chi connectivity index (χ4v) is 3.50. The van der Waals surface area contributed by atoms with Crippen LogP contribution >= 0.6 is 0 Å². The molecule has 1 saturated heterocycles. The summed E-state index contributed by atoms with van der Waals surface area (Å²) in [6, 6.07) is 13.0. The number of rotatable bonds is 5. The minimum Gasteiger partial charge on any atom is -0.426 e. The van der Waals surface area contributed by atoms with Crippen molar-refractivity contribution < 1.29 is 13.9 Å². The maximum atomic E-state index is 12.8. The first kappa shape index (κ1) is 17.5. The molecule has 3 rings (SSSR count). The quantitative estimate of drug-likeness (QED) is 0.827. The Hall–Kier alpha value is -2.27. The van der Waals surface area contributed by atoms with E-state index in [4.69, 9.17) is 9.15 Å². The second kappa shape index (κ2) is 7.74. The Morgan fingerprint density at radius 2 is 2.04 bits per heavy atom. The fourth-order valence-electron chi connectivity index (χ4n) is 3.50. The summed E-state index contributed by atoms with van der Waals surface area (Å²) in [7, 11) is 1.87. The number of carbonyl (C=O) groups excluding carboxylic acids is 1. The molecule has 134 valence electrons. The van der Waals surface area contributed by atoms with E-state index in [2.05, 4.69) is 18.7 Å². The van der Waals surface area contributed by atoms with E-state index in [1.54, 1.807) is 12.1 Å². The topological polar surface area (TPSA) is 45.9 Å². The van der Waals surface area contributed by atoms with Gasteiger partial charge in [-0.3, -0.25) is 4.79 Å². The van der Waals surface area contributed by atoms with E-state index in [0.29, 0.717) is 23.4 Å². The van der Waals surface area contributed by atoms with Crippen LogP contribution in [0.5, 0.6) is 11.7 Å². The van der Waals surface area contributed by atoms with E-state index in [1.165, 1.54) is 0 Å². The molecule has 0 radical (unpaired) electrons. The van der Waals surface area contributed by atoms with Gasteiger partial charge in [0.25, 0.3) is 11.9 Å². The lowest BCUT2D eigenvalue weighted by Gasteiger charge is -2.40. The average molecular weight is 342 g/mol. The molecule has 0 spiro atoms. The minimum absolute atomic E-state index is 0.0929. The van der Waals surface area contributed by atoms with Crippen molar-refractivity contribution in [3.63, 3.8) is 0 Å². The number of benzene rings is 1. The molecule has 2 heterocycles. The van der Waals surface area contributed by atoms with E-state index in [-0.39, 0.29) is 11.9 Å². The predicted molar refractivity (Wildman–Crippen MR) is 97.0 cm³/mol. The lowest BCUT2D eigenvalue weighted by Crippen LogP contribution is -2.50. The van der Waals surface area contributed by atoms with Crippen LogP contribution in [0.1, 0.15) is 30.8 Å². The molecule has 1 aromatic carbocycles. The number of ether oxygens (including phenoxy) is 1. The Morgan fingerprint density at radius 3 is 2.72 bits per heavy atom. The second-order valence-corrected chi connectivity index (χ2v) is 6.68. The van der Waals surface area contributed by atoms with Crippen LogP contribution in [0.4, 0.5) is 0 Å². The van der Waals surface area contributed by atoms with Gasteiger partial charge in [-0.2, -0.15) is 0 Å². The van der Waals surface area contributed by atoms with Crippen LogP contribution in [0.15, 0.2) is 46.9 Å². The summed E-state index contributed by atoms with van der Waals surface area (Å²) in [6.07, 6.45) is 0.991. The molecule has 0 aliphatic carbocycles. The molecule has 5 heteroatoms. The van der Waals surface area contributed by atoms with Gasteiger partial charge in [0.15, 0.2) is 5.76 Å². The minimum atomic E-state index is -0.0929. The number of carbonyl (C=O) groups is 1. The Bertz CT molecular complexity index is 698. The van der Waals surface area contributed by atoms with Crippen molar-refractivity contribution in [1.29, 1.82) is 0 Å². The highest BCUT2D eigenvalue weighted by atomic mass is 16.6. The normalized spacial score (nSPS) is 21.1. The molecule has 1 aliphatic rings. The van der Waals surface area contributed by atoms with Gasteiger partial charge in [-0.15, -0.1) is 0 Å². The molecule has 25 heavy (non-hydrogen) atoms. The molecule has 5 nitrogen and oxygen atoms in total. The van der Waals surface area contributed by atoms with Gasteiger partial charge in [0.05, 0.1) is 0 Å².